The van der Waals surface area contributed by atoms with E-state index < -0.39 is 16.1 Å². The highest BCUT2D eigenvalue weighted by Gasteiger charge is 2.25. The quantitative estimate of drug-likeness (QED) is 0.867. The van der Waals surface area contributed by atoms with Gasteiger partial charge in [0.1, 0.15) is 5.75 Å². The van der Waals surface area contributed by atoms with Gasteiger partial charge in [-0.15, -0.1) is 0 Å². The number of benzene rings is 1. The summed E-state index contributed by atoms with van der Waals surface area (Å²) in [4.78, 5) is 11.5. The van der Waals surface area contributed by atoms with Gasteiger partial charge >= 0.3 is 0 Å². The zero-order chi connectivity index (χ0) is 14.0. The first-order chi connectivity index (χ1) is 8.94. The van der Waals surface area contributed by atoms with E-state index >= 15 is 0 Å². The van der Waals surface area contributed by atoms with Gasteiger partial charge in [-0.05, 0) is 25.5 Å². The van der Waals surface area contributed by atoms with Crippen molar-refractivity contribution in [2.24, 2.45) is 0 Å². The zero-order valence-electron chi connectivity index (χ0n) is 10.8. The van der Waals surface area contributed by atoms with E-state index in [2.05, 4.69) is 10.0 Å². The third kappa shape index (κ3) is 2.87. The van der Waals surface area contributed by atoms with E-state index in [9.17, 15) is 13.2 Å². The number of rotatable bonds is 4. The second-order valence-corrected chi connectivity index (χ2v) is 6.07. The largest absolute Gasteiger partial charge is 0.479 e. The maximum absolute atomic E-state index is 12.0. The molecule has 1 aliphatic heterocycles. The Hall–Kier alpha value is -1.60. The highest BCUT2D eigenvalue weighted by Crippen LogP contribution is 2.31. The Balaban J connectivity index is 2.31. The van der Waals surface area contributed by atoms with Gasteiger partial charge in [0.25, 0.3) is 5.91 Å². The molecule has 1 aliphatic rings. The Morgan fingerprint density at radius 2 is 2.16 bits per heavy atom. The van der Waals surface area contributed by atoms with Gasteiger partial charge in [0, 0.05) is 12.6 Å². The SMILES string of the molecule is CCCNS(=O)(=O)c1ccc2c(c1)OC(C)C(=O)N2. The second-order valence-electron chi connectivity index (χ2n) is 4.31. The van der Waals surface area contributed by atoms with Crippen LogP contribution < -0.4 is 14.8 Å². The van der Waals surface area contributed by atoms with Crippen LogP contribution in [0, 0.1) is 0 Å². The normalized spacial score (nSPS) is 18.4. The molecule has 1 aromatic carbocycles. The summed E-state index contributed by atoms with van der Waals surface area (Å²) in [5.41, 5.74) is 0.484. The van der Waals surface area contributed by atoms with Crippen LogP contribution in [0.2, 0.25) is 0 Å². The molecule has 1 heterocycles. The highest BCUT2D eigenvalue weighted by molar-refractivity contribution is 7.89. The molecular weight excluding hydrogens is 268 g/mol. The van der Waals surface area contributed by atoms with Crippen molar-refractivity contribution in [3.63, 3.8) is 0 Å². The van der Waals surface area contributed by atoms with Gasteiger partial charge in [-0.2, -0.15) is 0 Å². The van der Waals surface area contributed by atoms with Crippen molar-refractivity contribution in [2.45, 2.75) is 31.3 Å². The molecule has 2 N–H and O–H groups in total. The summed E-state index contributed by atoms with van der Waals surface area (Å²) < 4.78 is 31.8. The molecule has 0 saturated heterocycles. The number of hydrogen-bond acceptors (Lipinski definition) is 4. The topological polar surface area (TPSA) is 84.5 Å². The third-order valence-corrected chi connectivity index (χ3v) is 4.20. The second kappa shape index (κ2) is 5.18. The van der Waals surface area contributed by atoms with E-state index in [0.29, 0.717) is 24.4 Å². The monoisotopic (exact) mass is 284 g/mol. The Bertz CT molecular complexity index is 598. The molecule has 1 atom stereocenters. The summed E-state index contributed by atoms with van der Waals surface area (Å²) >= 11 is 0. The molecule has 7 heteroatoms. The number of amides is 1. The summed E-state index contributed by atoms with van der Waals surface area (Å²) in [6.45, 7) is 3.87. The van der Waals surface area contributed by atoms with Crippen molar-refractivity contribution in [2.75, 3.05) is 11.9 Å². The molecule has 0 aliphatic carbocycles. The van der Waals surface area contributed by atoms with Crippen LogP contribution in [0.1, 0.15) is 20.3 Å². The van der Waals surface area contributed by atoms with Gasteiger partial charge in [0.15, 0.2) is 6.10 Å². The van der Waals surface area contributed by atoms with Crippen LogP contribution in [0.5, 0.6) is 5.75 Å². The average molecular weight is 284 g/mol. The summed E-state index contributed by atoms with van der Waals surface area (Å²) in [7, 11) is -3.53. The molecule has 0 spiro atoms. The molecule has 1 amide bonds. The van der Waals surface area contributed by atoms with Crippen molar-refractivity contribution < 1.29 is 17.9 Å². The Morgan fingerprint density at radius 1 is 1.42 bits per heavy atom. The van der Waals surface area contributed by atoms with Crippen molar-refractivity contribution >= 4 is 21.6 Å². The van der Waals surface area contributed by atoms with Crippen LogP contribution in [0.25, 0.3) is 0 Å². The van der Waals surface area contributed by atoms with Gasteiger partial charge in [-0.25, -0.2) is 13.1 Å². The van der Waals surface area contributed by atoms with Crippen molar-refractivity contribution in [3.8, 4) is 5.75 Å². The predicted octanol–water partition coefficient (Wildman–Crippen LogP) is 1.09. The van der Waals surface area contributed by atoms with E-state index in [4.69, 9.17) is 4.74 Å². The fraction of sp³-hybridized carbons (Fsp3) is 0.417. The number of anilines is 1. The molecule has 1 aromatic rings. The maximum Gasteiger partial charge on any atom is 0.265 e. The smallest absolute Gasteiger partial charge is 0.265 e. The van der Waals surface area contributed by atoms with Crippen LogP contribution in [-0.2, 0) is 14.8 Å². The van der Waals surface area contributed by atoms with Crippen LogP contribution in [0.15, 0.2) is 23.1 Å². The third-order valence-electron chi connectivity index (χ3n) is 2.74. The lowest BCUT2D eigenvalue weighted by atomic mass is 10.2. The van der Waals surface area contributed by atoms with Gasteiger partial charge in [0.05, 0.1) is 10.6 Å². The Labute approximate surface area is 112 Å². The molecular formula is C12H16N2O4S. The average Bonchev–Trinajstić information content (AvgIpc) is 2.37. The minimum Gasteiger partial charge on any atom is -0.479 e. The first kappa shape index (κ1) is 13.8. The minimum absolute atomic E-state index is 0.128. The summed E-state index contributed by atoms with van der Waals surface area (Å²) in [5, 5.41) is 2.65. The van der Waals surface area contributed by atoms with E-state index in [1.54, 1.807) is 6.92 Å². The molecule has 0 fully saturated rings. The van der Waals surface area contributed by atoms with Gasteiger partial charge in [0.2, 0.25) is 10.0 Å². The molecule has 0 saturated carbocycles. The fourth-order valence-electron chi connectivity index (χ4n) is 1.67. The molecule has 0 radical (unpaired) electrons. The predicted molar refractivity (Wildman–Crippen MR) is 70.6 cm³/mol. The molecule has 0 bridgehead atoms. The number of carbonyl (C=O) groups excluding carboxylic acids is 1. The van der Waals surface area contributed by atoms with E-state index in [-0.39, 0.29) is 10.8 Å². The lowest BCUT2D eigenvalue weighted by Gasteiger charge is -2.23. The first-order valence-electron chi connectivity index (χ1n) is 6.05. The van der Waals surface area contributed by atoms with Crippen molar-refractivity contribution in [1.82, 2.24) is 4.72 Å². The molecule has 0 aromatic heterocycles. The molecule has 1 unspecified atom stereocenters. The van der Waals surface area contributed by atoms with Crippen LogP contribution >= 0.6 is 0 Å². The van der Waals surface area contributed by atoms with E-state index in [0.717, 1.165) is 0 Å². The van der Waals surface area contributed by atoms with Crippen molar-refractivity contribution in [1.29, 1.82) is 0 Å². The summed E-state index contributed by atoms with van der Waals surface area (Å²) in [6.07, 6.45) is 0.0855. The number of hydrogen-bond donors (Lipinski definition) is 2. The molecule has 19 heavy (non-hydrogen) atoms. The lowest BCUT2D eigenvalue weighted by molar-refractivity contribution is -0.122. The Kier molecular flexibility index (Phi) is 3.77. The fourth-order valence-corrected chi connectivity index (χ4v) is 2.82. The molecule has 2 rings (SSSR count). The Morgan fingerprint density at radius 3 is 2.84 bits per heavy atom. The minimum atomic E-state index is -3.53. The van der Waals surface area contributed by atoms with E-state index in [1.165, 1.54) is 18.2 Å². The highest BCUT2D eigenvalue weighted by atomic mass is 32.2. The summed E-state index contributed by atoms with van der Waals surface area (Å²) in [6, 6.07) is 4.39. The van der Waals surface area contributed by atoms with Gasteiger partial charge in [-0.1, -0.05) is 6.92 Å². The van der Waals surface area contributed by atoms with Crippen LogP contribution in [0.3, 0.4) is 0 Å². The number of fused-ring (bicyclic) bond motifs is 1. The number of sulfonamides is 1. The molecule has 104 valence electrons. The zero-order valence-corrected chi connectivity index (χ0v) is 11.6. The number of nitrogens with one attached hydrogen (secondary N) is 2. The van der Waals surface area contributed by atoms with Crippen molar-refractivity contribution in [3.05, 3.63) is 18.2 Å². The van der Waals surface area contributed by atoms with Gasteiger partial charge < -0.3 is 10.1 Å². The van der Waals surface area contributed by atoms with E-state index in [1.807, 2.05) is 6.92 Å². The maximum atomic E-state index is 12.0. The molecule has 6 nitrogen and oxygen atoms in total. The van der Waals surface area contributed by atoms with Gasteiger partial charge in [-0.3, -0.25) is 4.79 Å². The van der Waals surface area contributed by atoms with Crippen LogP contribution in [-0.4, -0.2) is 27.0 Å². The summed E-state index contributed by atoms with van der Waals surface area (Å²) in [5.74, 6) is 0.124. The number of carbonyl (C=O) groups is 1. The van der Waals surface area contributed by atoms with Crippen LogP contribution in [0.4, 0.5) is 5.69 Å². The first-order valence-corrected chi connectivity index (χ1v) is 7.53. The lowest BCUT2D eigenvalue weighted by Crippen LogP contribution is -2.34. The standard InChI is InChI=1S/C12H16N2O4S/c1-3-6-13-19(16,17)9-4-5-10-11(7-9)18-8(2)12(15)14-10/h4-5,7-8,13H,3,6H2,1-2H3,(H,14,15). The number of ether oxygens (including phenoxy) is 1.